The smallest absolute Gasteiger partial charge is 0.279 e. The van der Waals surface area contributed by atoms with Crippen LogP contribution in [-0.2, 0) is 14.9 Å². The van der Waals surface area contributed by atoms with Crippen molar-refractivity contribution in [3.8, 4) is 6.07 Å². The normalized spacial score (nSPS) is 24.4. The second-order valence-corrected chi connectivity index (χ2v) is 4.60. The lowest BCUT2D eigenvalue weighted by Gasteiger charge is -2.28. The molecule has 7 heteroatoms. The summed E-state index contributed by atoms with van der Waals surface area (Å²) in [6.07, 6.45) is -0.655. The highest BCUT2D eigenvalue weighted by atomic mass is 32.2. The predicted molar refractivity (Wildman–Crippen MR) is 49.5 cm³/mol. The molecule has 1 unspecified atom stereocenters. The minimum absolute atomic E-state index is 0.103. The van der Waals surface area contributed by atoms with Crippen LogP contribution < -0.4 is 4.72 Å². The van der Waals surface area contributed by atoms with E-state index in [2.05, 4.69) is 4.72 Å². The first-order valence-electron chi connectivity index (χ1n) is 4.36. The molecular formula is C7H13N3O3S. The quantitative estimate of drug-likeness (QED) is 0.664. The highest BCUT2D eigenvalue weighted by Gasteiger charge is 2.28. The molecule has 0 radical (unpaired) electrons. The average Bonchev–Trinajstić information content (AvgIpc) is 2.18. The summed E-state index contributed by atoms with van der Waals surface area (Å²) in [5.74, 6) is 0. The molecule has 1 heterocycles. The lowest BCUT2D eigenvalue weighted by molar-refractivity contribution is 0.0307. The van der Waals surface area contributed by atoms with E-state index in [1.807, 2.05) is 6.07 Å². The molecule has 1 rings (SSSR count). The van der Waals surface area contributed by atoms with E-state index in [9.17, 15) is 8.42 Å². The minimum atomic E-state index is -3.42. The van der Waals surface area contributed by atoms with Gasteiger partial charge in [0, 0.05) is 13.1 Å². The van der Waals surface area contributed by atoms with Crippen LogP contribution in [0.15, 0.2) is 0 Å². The number of hydrogen-bond acceptors (Lipinski definition) is 4. The van der Waals surface area contributed by atoms with E-state index in [0.29, 0.717) is 13.1 Å². The van der Waals surface area contributed by atoms with Gasteiger partial charge in [0.1, 0.15) is 0 Å². The molecule has 0 amide bonds. The molecule has 0 aromatic heterocycles. The molecule has 1 atom stereocenters. The maximum absolute atomic E-state index is 11.5. The topological polar surface area (TPSA) is 82.4 Å². The summed E-state index contributed by atoms with van der Waals surface area (Å²) in [7, 11) is -3.42. The Kier molecular flexibility index (Phi) is 3.83. The van der Waals surface area contributed by atoms with Crippen molar-refractivity contribution in [1.29, 1.82) is 5.26 Å². The number of nitriles is 1. The van der Waals surface area contributed by atoms with Gasteiger partial charge in [-0.1, -0.05) is 6.92 Å². The van der Waals surface area contributed by atoms with Gasteiger partial charge in [0.05, 0.1) is 19.2 Å². The van der Waals surface area contributed by atoms with E-state index >= 15 is 0 Å². The van der Waals surface area contributed by atoms with Gasteiger partial charge in [-0.15, -0.1) is 0 Å². The molecule has 80 valence electrons. The van der Waals surface area contributed by atoms with Gasteiger partial charge in [-0.25, -0.2) is 4.72 Å². The van der Waals surface area contributed by atoms with Crippen molar-refractivity contribution in [2.75, 3.05) is 26.2 Å². The molecule has 0 aliphatic carbocycles. The molecule has 1 fully saturated rings. The first-order chi connectivity index (χ1) is 6.60. The van der Waals surface area contributed by atoms with Crippen LogP contribution in [0.3, 0.4) is 0 Å². The van der Waals surface area contributed by atoms with E-state index in [0.717, 1.165) is 0 Å². The van der Waals surface area contributed by atoms with E-state index in [-0.39, 0.29) is 13.2 Å². The third kappa shape index (κ3) is 2.65. The van der Waals surface area contributed by atoms with Crippen LogP contribution in [0, 0.1) is 11.3 Å². The Labute approximate surface area is 83.6 Å². The first-order valence-corrected chi connectivity index (χ1v) is 5.80. The Balaban J connectivity index is 2.65. The van der Waals surface area contributed by atoms with Gasteiger partial charge in [0.15, 0.2) is 6.10 Å². The van der Waals surface area contributed by atoms with Gasteiger partial charge in [-0.2, -0.15) is 18.0 Å². The Morgan fingerprint density at radius 1 is 1.71 bits per heavy atom. The zero-order valence-electron chi connectivity index (χ0n) is 7.93. The maximum Gasteiger partial charge on any atom is 0.279 e. The average molecular weight is 219 g/mol. The number of nitrogens with one attached hydrogen (secondary N) is 1. The van der Waals surface area contributed by atoms with Crippen LogP contribution in [0.4, 0.5) is 0 Å². The zero-order chi connectivity index (χ0) is 10.6. The van der Waals surface area contributed by atoms with Crippen LogP contribution in [0.1, 0.15) is 6.92 Å². The Morgan fingerprint density at radius 2 is 2.43 bits per heavy atom. The fourth-order valence-corrected chi connectivity index (χ4v) is 2.39. The Bertz CT molecular complexity index is 322. The van der Waals surface area contributed by atoms with Gasteiger partial charge in [-0.3, -0.25) is 0 Å². The fourth-order valence-electron chi connectivity index (χ4n) is 1.20. The summed E-state index contributed by atoms with van der Waals surface area (Å²) in [5.41, 5.74) is 0. The van der Waals surface area contributed by atoms with Crippen LogP contribution in [-0.4, -0.2) is 45.1 Å². The predicted octanol–water partition coefficient (Wildman–Crippen LogP) is -0.935. The number of ether oxygens (including phenoxy) is 1. The van der Waals surface area contributed by atoms with Crippen molar-refractivity contribution in [2.24, 2.45) is 0 Å². The molecule has 1 aliphatic rings. The third-order valence-electron chi connectivity index (χ3n) is 1.84. The number of nitrogens with zero attached hydrogens (tertiary/aromatic N) is 2. The Hall–Kier alpha value is -0.680. The molecule has 6 nitrogen and oxygen atoms in total. The van der Waals surface area contributed by atoms with Gasteiger partial charge in [-0.05, 0) is 0 Å². The van der Waals surface area contributed by atoms with E-state index in [1.54, 1.807) is 6.92 Å². The molecule has 0 spiro atoms. The van der Waals surface area contributed by atoms with E-state index < -0.39 is 16.3 Å². The summed E-state index contributed by atoms with van der Waals surface area (Å²) >= 11 is 0. The summed E-state index contributed by atoms with van der Waals surface area (Å²) < 4.78 is 31.6. The van der Waals surface area contributed by atoms with Gasteiger partial charge in [0.2, 0.25) is 0 Å². The third-order valence-corrected chi connectivity index (χ3v) is 3.50. The van der Waals surface area contributed by atoms with Gasteiger partial charge >= 0.3 is 0 Å². The summed E-state index contributed by atoms with van der Waals surface area (Å²) in [6.45, 7) is 2.72. The van der Waals surface area contributed by atoms with Gasteiger partial charge < -0.3 is 4.74 Å². The van der Waals surface area contributed by atoms with Crippen molar-refractivity contribution in [3.63, 3.8) is 0 Å². The highest BCUT2D eigenvalue weighted by molar-refractivity contribution is 7.87. The van der Waals surface area contributed by atoms with Crippen molar-refractivity contribution >= 4 is 10.2 Å². The SMILES string of the molecule is CCNS(=O)(=O)N1CCOC(C#N)C1. The molecule has 1 N–H and O–H groups in total. The lowest BCUT2D eigenvalue weighted by Crippen LogP contribution is -2.49. The van der Waals surface area contributed by atoms with E-state index in [1.165, 1.54) is 4.31 Å². The summed E-state index contributed by atoms with van der Waals surface area (Å²) in [6, 6.07) is 1.89. The van der Waals surface area contributed by atoms with Crippen molar-refractivity contribution in [1.82, 2.24) is 9.03 Å². The molecule has 0 saturated carbocycles. The zero-order valence-corrected chi connectivity index (χ0v) is 8.75. The fraction of sp³-hybridized carbons (Fsp3) is 0.857. The molecule has 1 aliphatic heterocycles. The molecule has 14 heavy (non-hydrogen) atoms. The second-order valence-electron chi connectivity index (χ2n) is 2.85. The highest BCUT2D eigenvalue weighted by Crippen LogP contribution is 2.07. The van der Waals surface area contributed by atoms with Crippen LogP contribution in [0.25, 0.3) is 0 Å². The van der Waals surface area contributed by atoms with Crippen molar-refractivity contribution in [3.05, 3.63) is 0 Å². The summed E-state index contributed by atoms with van der Waals surface area (Å²) in [5, 5.41) is 8.59. The first kappa shape index (κ1) is 11.4. The monoisotopic (exact) mass is 219 g/mol. The molecule has 0 aromatic carbocycles. The number of rotatable bonds is 3. The Morgan fingerprint density at radius 3 is 3.00 bits per heavy atom. The largest absolute Gasteiger partial charge is 0.361 e. The second kappa shape index (κ2) is 4.70. The molecule has 0 aromatic rings. The van der Waals surface area contributed by atoms with Crippen molar-refractivity contribution in [2.45, 2.75) is 13.0 Å². The van der Waals surface area contributed by atoms with Crippen LogP contribution in [0.5, 0.6) is 0 Å². The van der Waals surface area contributed by atoms with E-state index in [4.69, 9.17) is 10.00 Å². The number of morpholine rings is 1. The van der Waals surface area contributed by atoms with Crippen molar-refractivity contribution < 1.29 is 13.2 Å². The lowest BCUT2D eigenvalue weighted by atomic mass is 10.3. The van der Waals surface area contributed by atoms with Gasteiger partial charge in [0.25, 0.3) is 10.2 Å². The standard InChI is InChI=1S/C7H13N3O3S/c1-2-9-14(11,12)10-3-4-13-7(5-8)6-10/h7,9H,2-4,6H2,1H3. The van der Waals surface area contributed by atoms with Crippen LogP contribution in [0.2, 0.25) is 0 Å². The molecule has 1 saturated heterocycles. The summed E-state index contributed by atoms with van der Waals surface area (Å²) in [4.78, 5) is 0. The maximum atomic E-state index is 11.5. The number of hydrogen-bond donors (Lipinski definition) is 1. The molecular weight excluding hydrogens is 206 g/mol. The molecule has 0 bridgehead atoms. The van der Waals surface area contributed by atoms with Crippen LogP contribution >= 0.6 is 0 Å². The minimum Gasteiger partial charge on any atom is -0.361 e.